The maximum Gasteiger partial charge on any atom is 0.331 e. The summed E-state index contributed by atoms with van der Waals surface area (Å²) in [6.45, 7) is 1.46. The molecule has 1 heterocycles. The molecule has 0 fully saturated rings. The summed E-state index contributed by atoms with van der Waals surface area (Å²) < 4.78 is 15.2. The molecule has 0 atom stereocenters. The largest absolute Gasteiger partial charge is 0.331 e. The summed E-state index contributed by atoms with van der Waals surface area (Å²) in [5.74, 6) is -0.904. The molecule has 0 aliphatic heterocycles. The van der Waals surface area contributed by atoms with Crippen molar-refractivity contribution in [1.29, 1.82) is 0 Å². The molecule has 0 radical (unpaired) electrons. The van der Waals surface area contributed by atoms with Crippen LogP contribution in [-0.4, -0.2) is 15.0 Å². The second-order valence-electron chi connectivity index (χ2n) is 6.24. The summed E-state index contributed by atoms with van der Waals surface area (Å²) in [5.41, 5.74) is 0.667. The fourth-order valence-electron chi connectivity index (χ4n) is 2.69. The Morgan fingerprint density at radius 2 is 1.82 bits per heavy atom. The van der Waals surface area contributed by atoms with Crippen LogP contribution < -0.4 is 16.6 Å². The van der Waals surface area contributed by atoms with Gasteiger partial charge >= 0.3 is 5.69 Å². The average molecular weight is 402 g/mol. The van der Waals surface area contributed by atoms with Crippen molar-refractivity contribution in [2.75, 3.05) is 5.32 Å². The van der Waals surface area contributed by atoms with E-state index in [-0.39, 0.29) is 12.4 Å². The quantitative estimate of drug-likeness (QED) is 0.714. The summed E-state index contributed by atoms with van der Waals surface area (Å²) in [4.78, 5) is 37.1. The van der Waals surface area contributed by atoms with Crippen LogP contribution in [0.1, 0.15) is 11.1 Å². The summed E-state index contributed by atoms with van der Waals surface area (Å²) in [7, 11) is 0. The van der Waals surface area contributed by atoms with Gasteiger partial charge in [-0.25, -0.2) is 9.18 Å². The summed E-state index contributed by atoms with van der Waals surface area (Å²) in [6, 6.07) is 12.0. The molecule has 1 aromatic heterocycles. The Balaban J connectivity index is 1.82. The van der Waals surface area contributed by atoms with E-state index in [0.717, 1.165) is 4.57 Å². The molecule has 1 N–H and O–H groups in total. The molecule has 0 spiro atoms. The molecule has 3 aromatic rings. The van der Waals surface area contributed by atoms with Crippen molar-refractivity contribution in [3.05, 3.63) is 97.5 Å². The van der Waals surface area contributed by atoms with E-state index in [1.165, 1.54) is 29.0 Å². The van der Waals surface area contributed by atoms with Crippen LogP contribution in [-0.2, 0) is 17.9 Å². The molecule has 144 valence electrons. The van der Waals surface area contributed by atoms with Crippen LogP contribution in [0.15, 0.2) is 64.3 Å². The standard InChI is InChI=1S/C20H17ClFN3O3/c1-13-16(21)3-2-4-17(13)23-18(26)12-25-19(27)9-10-24(20(25)28)11-14-5-7-15(22)8-6-14/h2-10H,11-12H2,1H3,(H,23,26). The molecule has 0 bridgehead atoms. The highest BCUT2D eigenvalue weighted by atomic mass is 35.5. The number of anilines is 1. The maximum atomic E-state index is 13.0. The van der Waals surface area contributed by atoms with E-state index >= 15 is 0 Å². The first-order valence-electron chi connectivity index (χ1n) is 8.45. The van der Waals surface area contributed by atoms with E-state index in [1.807, 2.05) is 0 Å². The predicted octanol–water partition coefficient (Wildman–Crippen LogP) is 2.80. The number of amides is 1. The van der Waals surface area contributed by atoms with E-state index in [1.54, 1.807) is 37.3 Å². The van der Waals surface area contributed by atoms with E-state index in [9.17, 15) is 18.8 Å². The van der Waals surface area contributed by atoms with Gasteiger partial charge in [-0.05, 0) is 42.3 Å². The van der Waals surface area contributed by atoms with Crippen LogP contribution in [0.3, 0.4) is 0 Å². The number of rotatable bonds is 5. The lowest BCUT2D eigenvalue weighted by Crippen LogP contribution is -2.41. The lowest BCUT2D eigenvalue weighted by molar-refractivity contribution is -0.116. The van der Waals surface area contributed by atoms with Crippen LogP contribution >= 0.6 is 11.6 Å². The Kier molecular flexibility index (Phi) is 5.75. The highest BCUT2D eigenvalue weighted by Crippen LogP contribution is 2.22. The number of halogens is 2. The number of nitrogens with zero attached hydrogens (tertiary/aromatic N) is 2. The lowest BCUT2D eigenvalue weighted by atomic mass is 10.2. The molecular formula is C20H17ClFN3O3. The molecule has 0 unspecified atom stereocenters. The number of hydrogen-bond donors (Lipinski definition) is 1. The van der Waals surface area contributed by atoms with E-state index < -0.39 is 23.7 Å². The number of nitrogens with one attached hydrogen (secondary N) is 1. The van der Waals surface area contributed by atoms with Crippen molar-refractivity contribution in [1.82, 2.24) is 9.13 Å². The third kappa shape index (κ3) is 4.37. The van der Waals surface area contributed by atoms with Crippen LogP contribution in [0.25, 0.3) is 0 Å². The summed E-state index contributed by atoms with van der Waals surface area (Å²) in [6.07, 6.45) is 1.35. The first-order valence-corrected chi connectivity index (χ1v) is 8.82. The third-order valence-electron chi connectivity index (χ3n) is 4.25. The van der Waals surface area contributed by atoms with Crippen molar-refractivity contribution in [2.24, 2.45) is 0 Å². The van der Waals surface area contributed by atoms with Crippen LogP contribution in [0, 0.1) is 12.7 Å². The molecule has 6 nitrogen and oxygen atoms in total. The fourth-order valence-corrected chi connectivity index (χ4v) is 2.86. The summed E-state index contributed by atoms with van der Waals surface area (Å²) >= 11 is 6.03. The molecule has 3 rings (SSSR count). The minimum absolute atomic E-state index is 0.147. The van der Waals surface area contributed by atoms with Gasteiger partial charge in [0, 0.05) is 23.0 Å². The zero-order valence-electron chi connectivity index (χ0n) is 15.0. The fraction of sp³-hybridized carbons (Fsp3) is 0.150. The molecule has 0 aliphatic carbocycles. The second-order valence-corrected chi connectivity index (χ2v) is 6.64. The molecule has 0 saturated heterocycles. The van der Waals surface area contributed by atoms with Crippen molar-refractivity contribution in [2.45, 2.75) is 20.0 Å². The van der Waals surface area contributed by atoms with Crippen molar-refractivity contribution in [3.8, 4) is 0 Å². The van der Waals surface area contributed by atoms with Crippen LogP contribution in [0.2, 0.25) is 5.02 Å². The first-order chi connectivity index (χ1) is 13.3. The van der Waals surface area contributed by atoms with Gasteiger partial charge in [-0.3, -0.25) is 18.7 Å². The number of aromatic nitrogens is 2. The van der Waals surface area contributed by atoms with Crippen molar-refractivity contribution in [3.63, 3.8) is 0 Å². The van der Waals surface area contributed by atoms with E-state index in [0.29, 0.717) is 21.8 Å². The lowest BCUT2D eigenvalue weighted by Gasteiger charge is -2.12. The summed E-state index contributed by atoms with van der Waals surface area (Å²) in [5, 5.41) is 3.15. The van der Waals surface area contributed by atoms with Crippen LogP contribution in [0.4, 0.5) is 10.1 Å². The zero-order chi connectivity index (χ0) is 20.3. The Labute approximate surface area is 164 Å². The van der Waals surface area contributed by atoms with Gasteiger partial charge < -0.3 is 5.32 Å². The number of carbonyl (C=O) groups excluding carboxylic acids is 1. The minimum atomic E-state index is -0.630. The minimum Gasteiger partial charge on any atom is -0.324 e. The van der Waals surface area contributed by atoms with Gasteiger partial charge in [-0.1, -0.05) is 29.8 Å². The zero-order valence-corrected chi connectivity index (χ0v) is 15.7. The SMILES string of the molecule is Cc1c(Cl)cccc1NC(=O)Cn1c(=O)ccn(Cc2ccc(F)cc2)c1=O. The average Bonchev–Trinajstić information content (AvgIpc) is 2.66. The van der Waals surface area contributed by atoms with Crippen molar-refractivity contribution < 1.29 is 9.18 Å². The van der Waals surface area contributed by atoms with Gasteiger partial charge in [0.1, 0.15) is 12.4 Å². The van der Waals surface area contributed by atoms with E-state index in [4.69, 9.17) is 11.6 Å². The molecular weight excluding hydrogens is 385 g/mol. The van der Waals surface area contributed by atoms with Gasteiger partial charge in [0.2, 0.25) is 5.91 Å². The molecule has 1 amide bonds. The number of benzene rings is 2. The predicted molar refractivity (Wildman–Crippen MR) is 105 cm³/mol. The first kappa shape index (κ1) is 19.6. The monoisotopic (exact) mass is 401 g/mol. The van der Waals surface area contributed by atoms with Crippen LogP contribution in [0.5, 0.6) is 0 Å². The molecule has 2 aromatic carbocycles. The van der Waals surface area contributed by atoms with Crippen molar-refractivity contribution >= 4 is 23.2 Å². The highest BCUT2D eigenvalue weighted by Gasteiger charge is 2.12. The molecule has 0 aliphatic rings. The molecule has 8 heteroatoms. The third-order valence-corrected chi connectivity index (χ3v) is 4.66. The topological polar surface area (TPSA) is 73.1 Å². The Bertz CT molecular complexity index is 1140. The maximum absolute atomic E-state index is 13.0. The Morgan fingerprint density at radius 3 is 2.54 bits per heavy atom. The molecule has 0 saturated carbocycles. The van der Waals surface area contributed by atoms with Gasteiger partial charge in [0.05, 0.1) is 6.54 Å². The van der Waals surface area contributed by atoms with E-state index in [2.05, 4.69) is 5.32 Å². The van der Waals surface area contributed by atoms with Gasteiger partial charge in [-0.2, -0.15) is 0 Å². The highest BCUT2D eigenvalue weighted by molar-refractivity contribution is 6.31. The van der Waals surface area contributed by atoms with Gasteiger partial charge in [0.15, 0.2) is 0 Å². The van der Waals surface area contributed by atoms with Gasteiger partial charge in [0.25, 0.3) is 5.56 Å². The smallest absolute Gasteiger partial charge is 0.324 e. The number of carbonyl (C=O) groups is 1. The van der Waals surface area contributed by atoms with Gasteiger partial charge in [-0.15, -0.1) is 0 Å². The second kappa shape index (κ2) is 8.22. The normalized spacial score (nSPS) is 10.7. The Hall–Kier alpha value is -3.19. The Morgan fingerprint density at radius 1 is 1.11 bits per heavy atom. The number of hydrogen-bond acceptors (Lipinski definition) is 3. The molecule has 28 heavy (non-hydrogen) atoms.